The molecule has 1 aromatic carbocycles. The van der Waals surface area contributed by atoms with Crippen molar-refractivity contribution in [2.45, 2.75) is 18.8 Å². The van der Waals surface area contributed by atoms with Crippen LogP contribution >= 0.6 is 0 Å². The molecule has 2 atom stereocenters. The van der Waals surface area contributed by atoms with E-state index in [-0.39, 0.29) is 5.82 Å². The lowest BCUT2D eigenvalue weighted by Gasteiger charge is -2.47. The van der Waals surface area contributed by atoms with Crippen LogP contribution in [0.4, 0.5) is 4.39 Å². The zero-order valence-corrected chi connectivity index (χ0v) is 10.7. The highest BCUT2D eigenvalue weighted by Crippen LogP contribution is 2.40. The van der Waals surface area contributed by atoms with Crippen molar-refractivity contribution in [3.63, 3.8) is 0 Å². The van der Waals surface area contributed by atoms with Gasteiger partial charge >= 0.3 is 0 Å². The Morgan fingerprint density at radius 3 is 2.67 bits per heavy atom. The van der Waals surface area contributed by atoms with Gasteiger partial charge in [0.1, 0.15) is 5.82 Å². The molecule has 0 radical (unpaired) electrons. The van der Waals surface area contributed by atoms with Gasteiger partial charge in [0, 0.05) is 12.5 Å². The summed E-state index contributed by atoms with van der Waals surface area (Å²) in [4.78, 5) is 2.53. The maximum absolute atomic E-state index is 13.4. The number of hydrogen-bond acceptors (Lipinski definition) is 2. The number of rotatable bonds is 3. The van der Waals surface area contributed by atoms with Crippen LogP contribution in [0.3, 0.4) is 0 Å². The lowest BCUT2D eigenvalue weighted by molar-refractivity contribution is 0.0378. The smallest absolute Gasteiger partial charge is 0.123 e. The van der Waals surface area contributed by atoms with E-state index in [4.69, 9.17) is 5.73 Å². The summed E-state index contributed by atoms with van der Waals surface area (Å²) < 4.78 is 13.4. The second kappa shape index (κ2) is 4.98. The number of fused-ring (bicyclic) bond motifs is 3. The van der Waals surface area contributed by atoms with Gasteiger partial charge in [-0.15, -0.1) is 0 Å². The van der Waals surface area contributed by atoms with Crippen LogP contribution in [0, 0.1) is 17.7 Å². The molecular formula is C15H21FN2. The van der Waals surface area contributed by atoms with E-state index in [9.17, 15) is 4.39 Å². The van der Waals surface area contributed by atoms with Gasteiger partial charge < -0.3 is 10.6 Å². The Labute approximate surface area is 108 Å². The number of nitrogens with two attached hydrogens (primary N) is 1. The Bertz CT molecular complexity index is 413. The molecule has 3 heterocycles. The molecule has 4 rings (SSSR count). The number of piperidine rings is 3. The molecule has 2 unspecified atom stereocenters. The first kappa shape index (κ1) is 12.1. The molecule has 0 amide bonds. The van der Waals surface area contributed by atoms with E-state index in [1.165, 1.54) is 32.0 Å². The molecule has 3 saturated heterocycles. The molecule has 2 bridgehead atoms. The highest BCUT2D eigenvalue weighted by atomic mass is 19.1. The fraction of sp³-hybridized carbons (Fsp3) is 0.600. The fourth-order valence-corrected chi connectivity index (χ4v) is 3.76. The molecule has 2 N–H and O–H groups in total. The zero-order valence-electron chi connectivity index (χ0n) is 10.7. The topological polar surface area (TPSA) is 29.3 Å². The molecular weight excluding hydrogens is 227 g/mol. The van der Waals surface area contributed by atoms with Crippen LogP contribution < -0.4 is 5.73 Å². The molecule has 0 aromatic heterocycles. The first-order valence-electron chi connectivity index (χ1n) is 6.96. The second-order valence-corrected chi connectivity index (χ2v) is 5.70. The average molecular weight is 248 g/mol. The van der Waals surface area contributed by atoms with Crippen molar-refractivity contribution >= 4 is 0 Å². The lowest BCUT2D eigenvalue weighted by atomic mass is 9.70. The molecule has 2 nitrogen and oxygen atoms in total. The lowest BCUT2D eigenvalue weighted by Crippen LogP contribution is -2.50. The van der Waals surface area contributed by atoms with E-state index in [2.05, 4.69) is 4.90 Å². The van der Waals surface area contributed by atoms with Crippen LogP contribution in [-0.2, 0) is 0 Å². The summed E-state index contributed by atoms with van der Waals surface area (Å²) in [6.45, 7) is 4.24. The molecule has 18 heavy (non-hydrogen) atoms. The SMILES string of the molecule is NCC(c1cccc(F)c1)C1CN2CCC1CC2. The first-order chi connectivity index (χ1) is 8.78. The quantitative estimate of drug-likeness (QED) is 0.888. The van der Waals surface area contributed by atoms with Gasteiger partial charge in [0.05, 0.1) is 0 Å². The predicted molar refractivity (Wildman–Crippen MR) is 70.8 cm³/mol. The summed E-state index contributed by atoms with van der Waals surface area (Å²) in [7, 11) is 0. The molecule has 3 heteroatoms. The summed E-state index contributed by atoms with van der Waals surface area (Å²) in [6, 6.07) is 7.00. The van der Waals surface area contributed by atoms with E-state index in [1.54, 1.807) is 12.1 Å². The first-order valence-corrected chi connectivity index (χ1v) is 6.96. The summed E-state index contributed by atoms with van der Waals surface area (Å²) in [5.74, 6) is 1.56. The third kappa shape index (κ3) is 2.17. The highest BCUT2D eigenvalue weighted by Gasteiger charge is 2.38. The zero-order chi connectivity index (χ0) is 12.5. The molecule has 1 aromatic rings. The minimum atomic E-state index is -0.146. The third-order valence-electron chi connectivity index (χ3n) is 4.75. The van der Waals surface area contributed by atoms with E-state index >= 15 is 0 Å². The maximum Gasteiger partial charge on any atom is 0.123 e. The number of hydrogen-bond donors (Lipinski definition) is 1. The van der Waals surface area contributed by atoms with Crippen LogP contribution in [0.25, 0.3) is 0 Å². The van der Waals surface area contributed by atoms with Gasteiger partial charge in [-0.1, -0.05) is 12.1 Å². The Morgan fingerprint density at radius 2 is 2.11 bits per heavy atom. The minimum Gasteiger partial charge on any atom is -0.330 e. The molecule has 98 valence electrons. The van der Waals surface area contributed by atoms with Crippen molar-refractivity contribution in [1.82, 2.24) is 4.90 Å². The number of halogens is 1. The predicted octanol–water partition coefficient (Wildman–Crippen LogP) is 2.21. The van der Waals surface area contributed by atoms with Crippen LogP contribution in [0.5, 0.6) is 0 Å². The van der Waals surface area contributed by atoms with E-state index in [0.717, 1.165) is 18.0 Å². The molecule has 0 saturated carbocycles. The second-order valence-electron chi connectivity index (χ2n) is 5.70. The van der Waals surface area contributed by atoms with Crippen molar-refractivity contribution in [1.29, 1.82) is 0 Å². The average Bonchev–Trinajstić information content (AvgIpc) is 2.41. The molecule has 3 aliphatic heterocycles. The van der Waals surface area contributed by atoms with Gasteiger partial charge in [0.2, 0.25) is 0 Å². The van der Waals surface area contributed by atoms with Crippen molar-refractivity contribution in [3.05, 3.63) is 35.6 Å². The number of nitrogens with zero attached hydrogens (tertiary/aromatic N) is 1. The van der Waals surface area contributed by atoms with Gasteiger partial charge in [0.25, 0.3) is 0 Å². The van der Waals surface area contributed by atoms with Gasteiger partial charge in [-0.05, 0) is 62.0 Å². The van der Waals surface area contributed by atoms with Crippen molar-refractivity contribution < 1.29 is 4.39 Å². The molecule has 0 spiro atoms. The Kier molecular flexibility index (Phi) is 3.35. The van der Waals surface area contributed by atoms with E-state index in [0.29, 0.717) is 18.4 Å². The Hall–Kier alpha value is -0.930. The normalized spacial score (nSPS) is 32.4. The maximum atomic E-state index is 13.4. The monoisotopic (exact) mass is 248 g/mol. The third-order valence-corrected chi connectivity index (χ3v) is 4.75. The summed E-state index contributed by atoms with van der Waals surface area (Å²) >= 11 is 0. The van der Waals surface area contributed by atoms with Crippen LogP contribution in [0.2, 0.25) is 0 Å². The molecule has 0 aliphatic carbocycles. The standard InChI is InChI=1S/C15H21FN2/c16-13-3-1-2-12(8-13)14(9-17)15-10-18-6-4-11(15)5-7-18/h1-3,8,11,14-15H,4-7,9-10,17H2. The van der Waals surface area contributed by atoms with E-state index < -0.39 is 0 Å². The molecule has 3 aliphatic rings. The van der Waals surface area contributed by atoms with Crippen LogP contribution in [0.1, 0.15) is 24.3 Å². The van der Waals surface area contributed by atoms with Crippen molar-refractivity contribution in [2.75, 3.05) is 26.2 Å². The fourth-order valence-electron chi connectivity index (χ4n) is 3.76. The molecule has 3 fully saturated rings. The van der Waals surface area contributed by atoms with Crippen molar-refractivity contribution in [3.8, 4) is 0 Å². The minimum absolute atomic E-state index is 0.146. The summed E-state index contributed by atoms with van der Waals surface area (Å²) in [5, 5.41) is 0. The van der Waals surface area contributed by atoms with Gasteiger partial charge in [-0.3, -0.25) is 0 Å². The van der Waals surface area contributed by atoms with Gasteiger partial charge in [-0.25, -0.2) is 4.39 Å². The van der Waals surface area contributed by atoms with E-state index in [1.807, 2.05) is 6.07 Å². The van der Waals surface area contributed by atoms with Gasteiger partial charge in [-0.2, -0.15) is 0 Å². The largest absolute Gasteiger partial charge is 0.330 e. The number of benzene rings is 1. The van der Waals surface area contributed by atoms with Crippen LogP contribution in [-0.4, -0.2) is 31.1 Å². The Morgan fingerprint density at radius 1 is 1.33 bits per heavy atom. The summed E-state index contributed by atoms with van der Waals surface area (Å²) in [5.41, 5.74) is 7.06. The Balaban J connectivity index is 1.84. The summed E-state index contributed by atoms with van der Waals surface area (Å²) in [6.07, 6.45) is 2.58. The van der Waals surface area contributed by atoms with Crippen molar-refractivity contribution in [2.24, 2.45) is 17.6 Å². The van der Waals surface area contributed by atoms with Gasteiger partial charge in [0.15, 0.2) is 0 Å². The van der Waals surface area contributed by atoms with Crippen LogP contribution in [0.15, 0.2) is 24.3 Å². The highest BCUT2D eigenvalue weighted by molar-refractivity contribution is 5.23.